The van der Waals surface area contributed by atoms with Crippen LogP contribution in [-0.4, -0.2) is 18.8 Å². The lowest BCUT2D eigenvalue weighted by molar-refractivity contribution is -0.116. The highest BCUT2D eigenvalue weighted by atomic mass is 16.5. The highest BCUT2D eigenvalue weighted by molar-refractivity contribution is 5.95. The van der Waals surface area contributed by atoms with Crippen molar-refractivity contribution in [1.82, 2.24) is 0 Å². The van der Waals surface area contributed by atoms with E-state index in [0.29, 0.717) is 28.1 Å². The molecule has 6 heteroatoms. The number of fused-ring (bicyclic) bond motifs is 1. The molecule has 1 aromatic heterocycles. The van der Waals surface area contributed by atoms with Gasteiger partial charge in [0, 0.05) is 34.2 Å². The quantitative estimate of drug-likeness (QED) is 0.501. The fourth-order valence-electron chi connectivity index (χ4n) is 3.33. The van der Waals surface area contributed by atoms with Gasteiger partial charge in [-0.1, -0.05) is 0 Å². The van der Waals surface area contributed by atoms with Crippen LogP contribution in [-0.2, 0) is 11.2 Å². The van der Waals surface area contributed by atoms with E-state index in [-0.39, 0.29) is 24.5 Å². The number of nitrogens with one attached hydrogen (secondary N) is 1. The molecular weight excluding hydrogens is 370 g/mol. The Morgan fingerprint density at radius 3 is 2.34 bits per heavy atom. The van der Waals surface area contributed by atoms with Gasteiger partial charge in [-0.3, -0.25) is 9.59 Å². The molecule has 0 saturated heterocycles. The molecule has 0 unspecified atom stereocenters. The molecular formula is C23H23NO5. The number of hydrogen-bond donors (Lipinski definition) is 1. The molecule has 0 aliphatic carbocycles. The number of carbonyl (C=O) groups excluding carboxylic acids is 2. The van der Waals surface area contributed by atoms with E-state index in [2.05, 4.69) is 5.32 Å². The van der Waals surface area contributed by atoms with Gasteiger partial charge in [-0.15, -0.1) is 0 Å². The van der Waals surface area contributed by atoms with Gasteiger partial charge >= 0.3 is 5.63 Å². The SMILES string of the molecule is COc1ccc2c(C)c(CCC(=O)Nc3ccc(C(C)=O)cc3)c(=O)oc2c1C. The molecule has 2 aromatic carbocycles. The molecule has 1 heterocycles. The van der Waals surface area contributed by atoms with Gasteiger partial charge < -0.3 is 14.5 Å². The third-order valence-corrected chi connectivity index (χ3v) is 5.05. The smallest absolute Gasteiger partial charge is 0.339 e. The zero-order chi connectivity index (χ0) is 21.1. The minimum Gasteiger partial charge on any atom is -0.496 e. The van der Waals surface area contributed by atoms with Crippen LogP contribution < -0.4 is 15.7 Å². The number of amides is 1. The van der Waals surface area contributed by atoms with Gasteiger partial charge in [0.2, 0.25) is 5.91 Å². The molecule has 1 N–H and O–H groups in total. The second-order valence-corrected chi connectivity index (χ2v) is 6.94. The van der Waals surface area contributed by atoms with Crippen LogP contribution in [0.5, 0.6) is 5.75 Å². The number of aryl methyl sites for hydroxylation is 2. The van der Waals surface area contributed by atoms with Crippen molar-refractivity contribution in [3.63, 3.8) is 0 Å². The van der Waals surface area contributed by atoms with E-state index in [1.54, 1.807) is 31.4 Å². The lowest BCUT2D eigenvalue weighted by Crippen LogP contribution is -2.17. The summed E-state index contributed by atoms with van der Waals surface area (Å²) >= 11 is 0. The highest BCUT2D eigenvalue weighted by Gasteiger charge is 2.16. The number of hydrogen-bond acceptors (Lipinski definition) is 5. The van der Waals surface area contributed by atoms with Crippen LogP contribution in [0, 0.1) is 13.8 Å². The number of ether oxygens (including phenoxy) is 1. The molecule has 0 bridgehead atoms. The van der Waals surface area contributed by atoms with E-state index >= 15 is 0 Å². The fraction of sp³-hybridized carbons (Fsp3) is 0.261. The normalized spacial score (nSPS) is 10.8. The molecule has 0 saturated carbocycles. The minimum absolute atomic E-state index is 0.0331. The fourth-order valence-corrected chi connectivity index (χ4v) is 3.33. The third-order valence-electron chi connectivity index (χ3n) is 5.05. The second kappa shape index (κ2) is 8.31. The van der Waals surface area contributed by atoms with Gasteiger partial charge in [0.25, 0.3) is 0 Å². The molecule has 6 nitrogen and oxygen atoms in total. The maximum Gasteiger partial charge on any atom is 0.339 e. The van der Waals surface area contributed by atoms with E-state index in [4.69, 9.17) is 9.15 Å². The van der Waals surface area contributed by atoms with E-state index in [0.717, 1.165) is 16.5 Å². The first-order valence-electron chi connectivity index (χ1n) is 9.32. The molecule has 1 amide bonds. The lowest BCUT2D eigenvalue weighted by atomic mass is 10.00. The second-order valence-electron chi connectivity index (χ2n) is 6.94. The molecule has 0 aliphatic heterocycles. The predicted molar refractivity (Wildman–Crippen MR) is 112 cm³/mol. The molecule has 3 aromatic rings. The maximum absolute atomic E-state index is 12.5. The Kier molecular flexibility index (Phi) is 5.82. The van der Waals surface area contributed by atoms with Crippen molar-refractivity contribution in [3.05, 3.63) is 69.1 Å². The predicted octanol–water partition coefficient (Wildman–Crippen LogP) is 4.19. The Balaban J connectivity index is 1.77. The number of methoxy groups -OCH3 is 1. The van der Waals surface area contributed by atoms with E-state index in [1.165, 1.54) is 6.92 Å². The Morgan fingerprint density at radius 2 is 1.72 bits per heavy atom. The van der Waals surface area contributed by atoms with Crippen LogP contribution >= 0.6 is 0 Å². The average Bonchev–Trinajstić information content (AvgIpc) is 2.69. The van der Waals surface area contributed by atoms with Gasteiger partial charge in [-0.2, -0.15) is 0 Å². The maximum atomic E-state index is 12.5. The van der Waals surface area contributed by atoms with Gasteiger partial charge in [-0.05, 0) is 69.2 Å². The van der Waals surface area contributed by atoms with Crippen molar-refractivity contribution >= 4 is 28.3 Å². The molecule has 29 heavy (non-hydrogen) atoms. The average molecular weight is 393 g/mol. The van der Waals surface area contributed by atoms with Crippen molar-refractivity contribution in [1.29, 1.82) is 0 Å². The number of rotatable bonds is 6. The first-order valence-corrected chi connectivity index (χ1v) is 9.32. The first kappa shape index (κ1) is 20.3. The summed E-state index contributed by atoms with van der Waals surface area (Å²) in [5, 5.41) is 3.61. The van der Waals surface area contributed by atoms with Crippen molar-refractivity contribution < 1.29 is 18.7 Å². The van der Waals surface area contributed by atoms with Gasteiger partial charge in [0.1, 0.15) is 11.3 Å². The highest BCUT2D eigenvalue weighted by Crippen LogP contribution is 2.29. The summed E-state index contributed by atoms with van der Waals surface area (Å²) < 4.78 is 10.8. The molecule has 0 aliphatic rings. The summed E-state index contributed by atoms with van der Waals surface area (Å²) in [5.74, 6) is 0.405. The van der Waals surface area contributed by atoms with E-state index in [9.17, 15) is 14.4 Å². The van der Waals surface area contributed by atoms with Crippen LogP contribution in [0.2, 0.25) is 0 Å². The Labute approximate surface area is 168 Å². The summed E-state index contributed by atoms with van der Waals surface area (Å²) in [6.07, 6.45) is 0.410. The van der Waals surface area contributed by atoms with Gasteiger partial charge in [0.15, 0.2) is 5.78 Å². The topological polar surface area (TPSA) is 85.6 Å². The first-order chi connectivity index (χ1) is 13.8. The van der Waals surface area contributed by atoms with E-state index in [1.807, 2.05) is 26.0 Å². The van der Waals surface area contributed by atoms with Crippen LogP contribution in [0.4, 0.5) is 5.69 Å². The summed E-state index contributed by atoms with van der Waals surface area (Å²) in [4.78, 5) is 36.1. The number of carbonyl (C=O) groups is 2. The monoisotopic (exact) mass is 393 g/mol. The Morgan fingerprint density at radius 1 is 1.03 bits per heavy atom. The molecule has 0 atom stereocenters. The molecule has 0 fully saturated rings. The number of anilines is 1. The zero-order valence-electron chi connectivity index (χ0n) is 16.9. The van der Waals surface area contributed by atoms with Gasteiger partial charge in [-0.25, -0.2) is 4.79 Å². The Hall–Kier alpha value is -3.41. The standard InChI is InChI=1S/C23H23NO5/c1-13-18-9-11-20(28-4)14(2)22(18)29-23(27)19(13)10-12-21(26)24-17-7-5-16(6-8-17)15(3)25/h5-9,11H,10,12H2,1-4H3,(H,24,26). The van der Waals surface area contributed by atoms with E-state index < -0.39 is 5.63 Å². The molecule has 3 rings (SSSR count). The molecule has 0 spiro atoms. The largest absolute Gasteiger partial charge is 0.496 e. The molecule has 0 radical (unpaired) electrons. The summed E-state index contributed by atoms with van der Waals surface area (Å²) in [5.41, 5.74) is 3.31. The van der Waals surface area contributed by atoms with Crippen molar-refractivity contribution in [2.45, 2.75) is 33.6 Å². The zero-order valence-corrected chi connectivity index (χ0v) is 16.9. The summed E-state index contributed by atoms with van der Waals surface area (Å²) in [7, 11) is 1.57. The van der Waals surface area contributed by atoms with Crippen molar-refractivity contribution in [2.24, 2.45) is 0 Å². The molecule has 150 valence electrons. The Bertz CT molecular complexity index is 1140. The number of benzene rings is 2. The summed E-state index contributed by atoms with van der Waals surface area (Å²) in [6, 6.07) is 10.4. The van der Waals surface area contributed by atoms with Crippen molar-refractivity contribution in [3.8, 4) is 5.75 Å². The van der Waals surface area contributed by atoms with Crippen molar-refractivity contribution in [2.75, 3.05) is 12.4 Å². The van der Waals surface area contributed by atoms with Crippen LogP contribution in [0.15, 0.2) is 45.6 Å². The number of ketones is 1. The summed E-state index contributed by atoms with van der Waals surface area (Å²) in [6.45, 7) is 5.19. The number of Topliss-reactive ketones (excluding diaryl/α,β-unsaturated/α-hetero) is 1. The van der Waals surface area contributed by atoms with Crippen LogP contribution in [0.1, 0.15) is 40.4 Å². The lowest BCUT2D eigenvalue weighted by Gasteiger charge is -2.11. The minimum atomic E-state index is -0.440. The van der Waals surface area contributed by atoms with Gasteiger partial charge in [0.05, 0.1) is 7.11 Å². The van der Waals surface area contributed by atoms with Crippen LogP contribution in [0.3, 0.4) is 0 Å². The third kappa shape index (κ3) is 4.21. The van der Waals surface area contributed by atoms with Crippen LogP contribution in [0.25, 0.3) is 11.0 Å².